The number of para-hydroxylation sites is 1. The lowest BCUT2D eigenvalue weighted by Gasteiger charge is -2.10. The lowest BCUT2D eigenvalue weighted by Crippen LogP contribution is -2.18. The smallest absolute Gasteiger partial charge is 0.337 e. The summed E-state index contributed by atoms with van der Waals surface area (Å²) in [7, 11) is 0. The van der Waals surface area contributed by atoms with Gasteiger partial charge in [0.1, 0.15) is 5.69 Å². The van der Waals surface area contributed by atoms with Crippen molar-refractivity contribution in [3.05, 3.63) is 52.8 Å². The van der Waals surface area contributed by atoms with Crippen LogP contribution < -0.4 is 5.32 Å². The molecule has 0 atom stereocenters. The number of hydrogen-bond donors (Lipinski definition) is 2. The van der Waals surface area contributed by atoms with E-state index in [0.717, 1.165) is 6.42 Å². The molecule has 0 aliphatic heterocycles. The van der Waals surface area contributed by atoms with Crippen LogP contribution in [-0.2, 0) is 6.54 Å². The molecule has 0 aliphatic rings. The fourth-order valence-electron chi connectivity index (χ4n) is 2.06. The second kappa shape index (κ2) is 6.45. The summed E-state index contributed by atoms with van der Waals surface area (Å²) < 4.78 is 1.75. The molecule has 2 N–H and O–H groups in total. The summed E-state index contributed by atoms with van der Waals surface area (Å²) >= 11 is 5.94. The number of aryl methyl sites for hydroxylation is 1. The number of amides is 1. The predicted octanol–water partition coefficient (Wildman–Crippen LogP) is 3.50. The third-order valence-corrected chi connectivity index (χ3v) is 3.17. The first-order chi connectivity index (χ1) is 10.0. The van der Waals surface area contributed by atoms with Crippen molar-refractivity contribution in [2.45, 2.75) is 19.9 Å². The molecule has 0 radical (unpaired) electrons. The zero-order chi connectivity index (χ0) is 15.4. The maximum absolute atomic E-state index is 12.3. The molecule has 1 aromatic carbocycles. The normalized spacial score (nSPS) is 10.4. The zero-order valence-corrected chi connectivity index (χ0v) is 12.2. The quantitative estimate of drug-likeness (QED) is 0.888. The van der Waals surface area contributed by atoms with E-state index >= 15 is 0 Å². The lowest BCUT2D eigenvalue weighted by atomic mass is 10.2. The average Bonchev–Trinajstić information content (AvgIpc) is 2.80. The van der Waals surface area contributed by atoms with Crippen LogP contribution in [0.15, 0.2) is 36.5 Å². The Bertz CT molecular complexity index is 679. The highest BCUT2D eigenvalue weighted by molar-refractivity contribution is 6.31. The van der Waals surface area contributed by atoms with E-state index in [1.165, 1.54) is 6.07 Å². The third kappa shape index (κ3) is 3.44. The number of carbonyl (C=O) groups is 2. The number of carbonyl (C=O) groups excluding carboxylic acids is 1. The first kappa shape index (κ1) is 15.1. The molecule has 21 heavy (non-hydrogen) atoms. The van der Waals surface area contributed by atoms with Crippen molar-refractivity contribution in [1.82, 2.24) is 4.57 Å². The van der Waals surface area contributed by atoms with Gasteiger partial charge in [-0.25, -0.2) is 4.79 Å². The van der Waals surface area contributed by atoms with Gasteiger partial charge in [0.2, 0.25) is 0 Å². The van der Waals surface area contributed by atoms with Gasteiger partial charge in [0.25, 0.3) is 5.91 Å². The van der Waals surface area contributed by atoms with Crippen LogP contribution in [0, 0.1) is 0 Å². The molecule has 0 saturated carbocycles. The largest absolute Gasteiger partial charge is 0.478 e. The minimum Gasteiger partial charge on any atom is -0.478 e. The van der Waals surface area contributed by atoms with E-state index in [9.17, 15) is 9.59 Å². The molecule has 2 aromatic rings. The molecule has 1 amide bonds. The van der Waals surface area contributed by atoms with Crippen LogP contribution in [0.1, 0.15) is 34.2 Å². The molecule has 0 unspecified atom stereocenters. The van der Waals surface area contributed by atoms with Crippen LogP contribution in [0.3, 0.4) is 0 Å². The van der Waals surface area contributed by atoms with Gasteiger partial charge in [-0.3, -0.25) is 4.79 Å². The SMILES string of the molecule is CCCn1cc(Cl)cc1C(=O)Nc1ccccc1C(=O)O. The molecule has 2 rings (SSSR count). The first-order valence-corrected chi connectivity index (χ1v) is 6.90. The van der Waals surface area contributed by atoms with Gasteiger partial charge in [-0.1, -0.05) is 30.7 Å². The highest BCUT2D eigenvalue weighted by Crippen LogP contribution is 2.19. The highest BCUT2D eigenvalue weighted by atomic mass is 35.5. The Balaban J connectivity index is 2.28. The van der Waals surface area contributed by atoms with E-state index < -0.39 is 5.97 Å². The number of hydrogen-bond acceptors (Lipinski definition) is 2. The van der Waals surface area contributed by atoms with Gasteiger partial charge in [-0.2, -0.15) is 0 Å². The molecule has 5 nitrogen and oxygen atoms in total. The van der Waals surface area contributed by atoms with Crippen molar-refractivity contribution in [1.29, 1.82) is 0 Å². The van der Waals surface area contributed by atoms with Gasteiger partial charge in [0.15, 0.2) is 0 Å². The Kier molecular flexibility index (Phi) is 4.65. The molecule has 0 aliphatic carbocycles. The van der Waals surface area contributed by atoms with E-state index in [0.29, 0.717) is 17.3 Å². The molecule has 0 spiro atoms. The topological polar surface area (TPSA) is 71.3 Å². The summed E-state index contributed by atoms with van der Waals surface area (Å²) in [5.41, 5.74) is 0.711. The number of nitrogens with zero attached hydrogens (tertiary/aromatic N) is 1. The van der Waals surface area contributed by atoms with Gasteiger partial charge < -0.3 is 15.0 Å². The standard InChI is InChI=1S/C15H15ClN2O3/c1-2-7-18-9-10(16)8-13(18)14(19)17-12-6-4-3-5-11(12)15(20)21/h3-6,8-9H,2,7H2,1H3,(H,17,19)(H,20,21). The summed E-state index contributed by atoms with van der Waals surface area (Å²) in [6.07, 6.45) is 2.54. The van der Waals surface area contributed by atoms with Crippen LogP contribution in [0.5, 0.6) is 0 Å². The van der Waals surface area contributed by atoms with E-state index in [2.05, 4.69) is 5.32 Å². The van der Waals surface area contributed by atoms with Gasteiger partial charge in [-0.05, 0) is 24.6 Å². The Morgan fingerprint density at radius 3 is 2.71 bits per heavy atom. The second-order valence-corrected chi connectivity index (χ2v) is 4.98. The summed E-state index contributed by atoms with van der Waals surface area (Å²) in [5.74, 6) is -1.48. The van der Waals surface area contributed by atoms with E-state index in [1.54, 1.807) is 35.0 Å². The van der Waals surface area contributed by atoms with Crippen molar-refractivity contribution >= 4 is 29.2 Å². The number of aromatic nitrogens is 1. The fraction of sp³-hybridized carbons (Fsp3) is 0.200. The average molecular weight is 307 g/mol. The van der Waals surface area contributed by atoms with Crippen molar-refractivity contribution in [3.63, 3.8) is 0 Å². The van der Waals surface area contributed by atoms with Crippen molar-refractivity contribution in [2.24, 2.45) is 0 Å². The van der Waals surface area contributed by atoms with Crippen LogP contribution in [-0.4, -0.2) is 21.6 Å². The second-order valence-electron chi connectivity index (χ2n) is 4.54. The van der Waals surface area contributed by atoms with Gasteiger partial charge in [-0.15, -0.1) is 0 Å². The number of rotatable bonds is 5. The van der Waals surface area contributed by atoms with Crippen LogP contribution in [0.2, 0.25) is 5.02 Å². The number of anilines is 1. The Morgan fingerprint density at radius 2 is 2.05 bits per heavy atom. The summed E-state index contributed by atoms with van der Waals surface area (Å²) in [6, 6.07) is 7.83. The summed E-state index contributed by atoms with van der Waals surface area (Å²) in [4.78, 5) is 23.5. The van der Waals surface area contributed by atoms with Crippen molar-refractivity contribution in [3.8, 4) is 0 Å². The fourth-order valence-corrected chi connectivity index (χ4v) is 2.28. The molecule has 6 heteroatoms. The third-order valence-electron chi connectivity index (χ3n) is 2.97. The number of nitrogens with one attached hydrogen (secondary N) is 1. The van der Waals surface area contributed by atoms with E-state index in [-0.39, 0.29) is 17.2 Å². The van der Waals surface area contributed by atoms with Crippen molar-refractivity contribution in [2.75, 3.05) is 5.32 Å². The molecule has 110 valence electrons. The molecule has 1 aromatic heterocycles. The minimum absolute atomic E-state index is 0.0468. The maximum Gasteiger partial charge on any atom is 0.337 e. The zero-order valence-electron chi connectivity index (χ0n) is 11.5. The van der Waals surface area contributed by atoms with E-state index in [1.807, 2.05) is 6.92 Å². The molecular formula is C15H15ClN2O3. The summed E-state index contributed by atoms with van der Waals surface area (Å²) in [5, 5.41) is 12.2. The number of carboxylic acids is 1. The Labute approximate surface area is 127 Å². The summed E-state index contributed by atoms with van der Waals surface area (Å²) in [6.45, 7) is 2.66. The Hall–Kier alpha value is -2.27. The Morgan fingerprint density at radius 1 is 1.33 bits per heavy atom. The minimum atomic E-state index is -1.09. The number of aromatic carboxylic acids is 1. The van der Waals surface area contributed by atoms with Crippen LogP contribution >= 0.6 is 11.6 Å². The molecule has 0 bridgehead atoms. The van der Waals surface area contributed by atoms with Crippen LogP contribution in [0.4, 0.5) is 5.69 Å². The number of benzene rings is 1. The van der Waals surface area contributed by atoms with Gasteiger partial charge >= 0.3 is 5.97 Å². The van der Waals surface area contributed by atoms with E-state index in [4.69, 9.17) is 16.7 Å². The number of halogens is 1. The van der Waals surface area contributed by atoms with Crippen molar-refractivity contribution < 1.29 is 14.7 Å². The van der Waals surface area contributed by atoms with Gasteiger partial charge in [0, 0.05) is 12.7 Å². The predicted molar refractivity (Wildman–Crippen MR) is 81.1 cm³/mol. The lowest BCUT2D eigenvalue weighted by molar-refractivity contribution is 0.0698. The number of carboxylic acid groups (broad SMARTS) is 1. The first-order valence-electron chi connectivity index (χ1n) is 6.52. The molecular weight excluding hydrogens is 292 g/mol. The molecule has 0 saturated heterocycles. The highest BCUT2D eigenvalue weighted by Gasteiger charge is 2.16. The molecule has 1 heterocycles. The van der Waals surface area contributed by atoms with Gasteiger partial charge in [0.05, 0.1) is 16.3 Å². The molecule has 0 fully saturated rings. The monoisotopic (exact) mass is 306 g/mol. The van der Waals surface area contributed by atoms with Crippen LogP contribution in [0.25, 0.3) is 0 Å². The maximum atomic E-state index is 12.3.